The van der Waals surface area contributed by atoms with E-state index in [0.29, 0.717) is 49.4 Å². The minimum atomic E-state index is -0.541. The van der Waals surface area contributed by atoms with Crippen LogP contribution in [-0.4, -0.2) is 65.5 Å². The van der Waals surface area contributed by atoms with Gasteiger partial charge in [0.05, 0.1) is 5.52 Å². The molecular weight excluding hydrogens is 326 g/mol. The van der Waals surface area contributed by atoms with Gasteiger partial charge in [0.15, 0.2) is 5.58 Å². The molecule has 2 aliphatic heterocycles. The zero-order valence-corrected chi connectivity index (χ0v) is 13.7. The molecule has 1 aromatic heterocycles. The van der Waals surface area contributed by atoms with Crippen LogP contribution < -0.4 is 5.76 Å². The Morgan fingerprint density at radius 2 is 1.88 bits per heavy atom. The predicted octanol–water partition coefficient (Wildman–Crippen LogP) is 0.584. The molecule has 0 saturated carbocycles. The number of H-pyrrole nitrogens is 1. The maximum absolute atomic E-state index is 12.7. The molecule has 8 nitrogen and oxygen atoms in total. The number of rotatable bonds is 2. The summed E-state index contributed by atoms with van der Waals surface area (Å²) in [4.78, 5) is 42.2. The zero-order valence-electron chi connectivity index (χ0n) is 13.7. The highest BCUT2D eigenvalue weighted by molar-refractivity contribution is 5.97. The summed E-state index contributed by atoms with van der Waals surface area (Å²) in [6.07, 6.45) is 1.38. The monoisotopic (exact) mass is 345 g/mol. The van der Waals surface area contributed by atoms with E-state index in [1.165, 1.54) is 0 Å². The van der Waals surface area contributed by atoms with Gasteiger partial charge in [0.2, 0.25) is 0 Å². The van der Waals surface area contributed by atoms with E-state index in [4.69, 9.17) is 9.15 Å². The number of fused-ring (bicyclic) bond motifs is 1. The normalized spacial score (nSPS) is 21.0. The number of aromatic amines is 1. The van der Waals surface area contributed by atoms with Crippen molar-refractivity contribution in [1.82, 2.24) is 14.8 Å². The summed E-state index contributed by atoms with van der Waals surface area (Å²) in [7, 11) is 0. The van der Waals surface area contributed by atoms with Crippen molar-refractivity contribution in [1.29, 1.82) is 0 Å². The smallest absolute Gasteiger partial charge is 0.408 e. The Balaban J connectivity index is 1.41. The quantitative estimate of drug-likeness (QED) is 0.859. The Hall–Kier alpha value is -2.61. The van der Waals surface area contributed by atoms with Crippen LogP contribution in [0.25, 0.3) is 11.1 Å². The van der Waals surface area contributed by atoms with Crippen LogP contribution in [0.15, 0.2) is 27.4 Å². The van der Waals surface area contributed by atoms with E-state index in [2.05, 4.69) is 4.98 Å². The van der Waals surface area contributed by atoms with Crippen LogP contribution in [0, 0.1) is 0 Å². The number of piperazine rings is 1. The number of carbonyl (C=O) groups excluding carboxylic acids is 2. The summed E-state index contributed by atoms with van der Waals surface area (Å²) in [5.74, 6) is -0.643. The number of nitrogens with one attached hydrogen (secondary N) is 1. The summed E-state index contributed by atoms with van der Waals surface area (Å²) in [5.41, 5.74) is 1.39. The number of oxazole rings is 1. The van der Waals surface area contributed by atoms with Gasteiger partial charge in [-0.25, -0.2) is 4.79 Å². The first-order valence-corrected chi connectivity index (χ1v) is 8.44. The molecule has 0 bridgehead atoms. The fourth-order valence-corrected chi connectivity index (χ4v) is 3.37. The van der Waals surface area contributed by atoms with Gasteiger partial charge in [0, 0.05) is 38.3 Å². The maximum atomic E-state index is 12.7. The van der Waals surface area contributed by atoms with Crippen molar-refractivity contribution in [3.8, 4) is 0 Å². The van der Waals surface area contributed by atoms with E-state index < -0.39 is 5.76 Å². The number of hydrogen-bond donors (Lipinski definition) is 1. The van der Waals surface area contributed by atoms with Gasteiger partial charge in [-0.05, 0) is 31.0 Å². The van der Waals surface area contributed by atoms with E-state index in [9.17, 15) is 14.4 Å². The minimum Gasteiger partial charge on any atom is -0.408 e. The van der Waals surface area contributed by atoms with E-state index in [1.807, 2.05) is 0 Å². The third-order valence-corrected chi connectivity index (χ3v) is 4.75. The van der Waals surface area contributed by atoms with Crippen LogP contribution in [0.3, 0.4) is 0 Å². The molecule has 2 fully saturated rings. The lowest BCUT2D eigenvalue weighted by molar-refractivity contribution is -0.142. The van der Waals surface area contributed by atoms with E-state index >= 15 is 0 Å². The lowest BCUT2D eigenvalue weighted by atomic mass is 10.1. The summed E-state index contributed by atoms with van der Waals surface area (Å²) in [6.45, 7) is 2.61. The molecular formula is C17H19N3O5. The number of hydrogen-bond acceptors (Lipinski definition) is 5. The highest BCUT2D eigenvalue weighted by Crippen LogP contribution is 2.18. The highest BCUT2D eigenvalue weighted by atomic mass is 16.5. The van der Waals surface area contributed by atoms with Crippen LogP contribution in [0.1, 0.15) is 23.2 Å². The third-order valence-electron chi connectivity index (χ3n) is 4.75. The predicted molar refractivity (Wildman–Crippen MR) is 88.3 cm³/mol. The molecule has 2 amide bonds. The number of benzene rings is 1. The number of aromatic nitrogens is 1. The Labute approximate surface area is 143 Å². The van der Waals surface area contributed by atoms with Crippen molar-refractivity contribution in [2.24, 2.45) is 0 Å². The van der Waals surface area contributed by atoms with Gasteiger partial charge in [-0.1, -0.05) is 0 Å². The molecule has 132 valence electrons. The average Bonchev–Trinajstić information content (AvgIpc) is 3.28. The van der Waals surface area contributed by atoms with Gasteiger partial charge in [-0.15, -0.1) is 0 Å². The molecule has 0 spiro atoms. The van der Waals surface area contributed by atoms with Gasteiger partial charge in [-0.3, -0.25) is 14.6 Å². The molecule has 1 atom stereocenters. The standard InChI is InChI=1S/C17H19N3O5/c21-15(11-3-4-12-14(10-11)25-17(23)18-12)19-5-7-20(8-6-19)16(22)13-2-1-9-24-13/h3-4,10,13H,1-2,5-9H2,(H,18,23). The molecule has 1 aromatic carbocycles. The molecule has 2 aliphatic rings. The van der Waals surface area contributed by atoms with Crippen LogP contribution in [0.2, 0.25) is 0 Å². The molecule has 8 heteroatoms. The molecule has 1 unspecified atom stereocenters. The summed E-state index contributed by atoms with van der Waals surface area (Å²) >= 11 is 0. The number of carbonyl (C=O) groups is 2. The second-order valence-electron chi connectivity index (χ2n) is 6.34. The van der Waals surface area contributed by atoms with Crippen LogP contribution in [0.5, 0.6) is 0 Å². The summed E-state index contributed by atoms with van der Waals surface area (Å²) in [6, 6.07) is 4.89. The van der Waals surface area contributed by atoms with E-state index in [-0.39, 0.29) is 17.9 Å². The second-order valence-corrected chi connectivity index (χ2v) is 6.34. The van der Waals surface area contributed by atoms with E-state index in [0.717, 1.165) is 12.8 Å². The molecule has 25 heavy (non-hydrogen) atoms. The van der Waals surface area contributed by atoms with E-state index in [1.54, 1.807) is 28.0 Å². The first-order chi connectivity index (χ1) is 12.1. The second kappa shape index (κ2) is 6.36. The molecule has 2 aromatic rings. The molecule has 4 rings (SSSR count). The van der Waals surface area contributed by atoms with Crippen LogP contribution in [-0.2, 0) is 9.53 Å². The molecule has 3 heterocycles. The maximum Gasteiger partial charge on any atom is 0.417 e. The first kappa shape index (κ1) is 15.9. The lowest BCUT2D eigenvalue weighted by Gasteiger charge is -2.35. The van der Waals surface area contributed by atoms with Gasteiger partial charge >= 0.3 is 5.76 Å². The highest BCUT2D eigenvalue weighted by Gasteiger charge is 2.31. The van der Waals surface area contributed by atoms with Crippen molar-refractivity contribution in [2.75, 3.05) is 32.8 Å². The average molecular weight is 345 g/mol. The van der Waals surface area contributed by atoms with Crippen molar-refractivity contribution in [3.63, 3.8) is 0 Å². The summed E-state index contributed by atoms with van der Waals surface area (Å²) < 4.78 is 10.4. The molecule has 1 N–H and O–H groups in total. The van der Waals surface area contributed by atoms with Gasteiger partial charge in [-0.2, -0.15) is 0 Å². The number of amides is 2. The summed E-state index contributed by atoms with van der Waals surface area (Å²) in [5, 5.41) is 0. The fraction of sp³-hybridized carbons (Fsp3) is 0.471. The number of nitrogens with zero attached hydrogens (tertiary/aromatic N) is 2. The van der Waals surface area contributed by atoms with Crippen molar-refractivity contribution >= 4 is 22.9 Å². The largest absolute Gasteiger partial charge is 0.417 e. The number of ether oxygens (including phenoxy) is 1. The van der Waals surface area contributed by atoms with Gasteiger partial charge in [0.1, 0.15) is 6.10 Å². The SMILES string of the molecule is O=C(c1ccc2[nH]c(=O)oc2c1)N1CCN(C(=O)C2CCCO2)CC1. The minimum absolute atomic E-state index is 0.0279. The Morgan fingerprint density at radius 1 is 1.12 bits per heavy atom. The molecule has 0 radical (unpaired) electrons. The topological polar surface area (TPSA) is 95.9 Å². The first-order valence-electron chi connectivity index (χ1n) is 8.44. The van der Waals surface area contributed by atoms with Crippen molar-refractivity contribution in [3.05, 3.63) is 34.3 Å². The van der Waals surface area contributed by atoms with Gasteiger partial charge < -0.3 is 19.0 Å². The zero-order chi connectivity index (χ0) is 17.4. The van der Waals surface area contributed by atoms with Gasteiger partial charge in [0.25, 0.3) is 11.8 Å². The lowest BCUT2D eigenvalue weighted by Crippen LogP contribution is -2.52. The fourth-order valence-electron chi connectivity index (χ4n) is 3.37. The van der Waals surface area contributed by atoms with Crippen LogP contribution in [0.4, 0.5) is 0 Å². The van der Waals surface area contributed by atoms with Crippen molar-refractivity contribution in [2.45, 2.75) is 18.9 Å². The third kappa shape index (κ3) is 3.05. The Kier molecular flexibility index (Phi) is 4.04. The van der Waals surface area contributed by atoms with Crippen LogP contribution >= 0.6 is 0 Å². The van der Waals surface area contributed by atoms with Crippen molar-refractivity contribution < 1.29 is 18.7 Å². The Morgan fingerprint density at radius 3 is 2.60 bits per heavy atom. The molecule has 2 saturated heterocycles. The molecule has 0 aliphatic carbocycles. The Bertz CT molecular complexity index is 857.